The second kappa shape index (κ2) is 9.56. The lowest BCUT2D eigenvalue weighted by Crippen LogP contribution is -2.28. The fraction of sp³-hybridized carbons (Fsp3) is 0.368. The Bertz CT molecular complexity index is 744. The molecule has 1 N–H and O–H groups in total. The summed E-state index contributed by atoms with van der Waals surface area (Å²) >= 11 is 0. The molecule has 0 unspecified atom stereocenters. The monoisotopic (exact) mass is 362 g/mol. The van der Waals surface area contributed by atoms with Crippen LogP contribution in [0.15, 0.2) is 59.5 Å². The number of likely N-dealkylation sites (N-methyl/N-ethyl adjacent to an activating group) is 1. The van der Waals surface area contributed by atoms with Gasteiger partial charge < -0.3 is 9.64 Å². The third-order valence-corrected chi connectivity index (χ3v) is 5.46. The molecule has 0 amide bonds. The molecule has 0 atom stereocenters. The first kappa shape index (κ1) is 19.4. The van der Waals surface area contributed by atoms with Gasteiger partial charge in [0.1, 0.15) is 12.4 Å². The van der Waals surface area contributed by atoms with Gasteiger partial charge in [0.2, 0.25) is 10.0 Å². The third-order valence-electron chi connectivity index (χ3n) is 4.04. The smallest absolute Gasteiger partial charge is 0.240 e. The van der Waals surface area contributed by atoms with E-state index in [2.05, 4.69) is 23.5 Å². The van der Waals surface area contributed by atoms with Crippen LogP contribution in [0.1, 0.15) is 19.4 Å². The van der Waals surface area contributed by atoms with Crippen LogP contribution < -0.4 is 9.46 Å². The number of nitrogens with one attached hydrogen (secondary N) is 1. The van der Waals surface area contributed by atoms with Gasteiger partial charge in [-0.3, -0.25) is 0 Å². The minimum Gasteiger partial charge on any atom is -0.492 e. The van der Waals surface area contributed by atoms with E-state index in [-0.39, 0.29) is 11.4 Å². The molecule has 0 fully saturated rings. The summed E-state index contributed by atoms with van der Waals surface area (Å²) in [5.41, 5.74) is 0.821. The molecule has 0 saturated heterocycles. The Morgan fingerprint density at radius 2 is 1.60 bits per heavy atom. The molecule has 0 aliphatic heterocycles. The third kappa shape index (κ3) is 5.85. The zero-order valence-electron chi connectivity index (χ0n) is 14.8. The fourth-order valence-corrected chi connectivity index (χ4v) is 3.50. The summed E-state index contributed by atoms with van der Waals surface area (Å²) in [6, 6.07) is 15.9. The molecule has 2 aromatic carbocycles. The van der Waals surface area contributed by atoms with Gasteiger partial charge in [-0.2, -0.15) is 0 Å². The molecule has 0 radical (unpaired) electrons. The van der Waals surface area contributed by atoms with Crippen LogP contribution in [0, 0.1) is 0 Å². The van der Waals surface area contributed by atoms with Crippen LogP contribution in [0.4, 0.5) is 0 Å². The van der Waals surface area contributed by atoms with Crippen LogP contribution in [0.2, 0.25) is 0 Å². The summed E-state index contributed by atoms with van der Waals surface area (Å²) < 4.78 is 33.2. The van der Waals surface area contributed by atoms with E-state index in [9.17, 15) is 8.42 Å². The lowest BCUT2D eigenvalue weighted by Gasteiger charge is -2.19. The number of sulfonamides is 1. The van der Waals surface area contributed by atoms with Gasteiger partial charge >= 0.3 is 0 Å². The Balaban J connectivity index is 1.98. The van der Waals surface area contributed by atoms with Crippen LogP contribution >= 0.6 is 0 Å². The first-order valence-electron chi connectivity index (χ1n) is 8.54. The number of benzene rings is 2. The highest BCUT2D eigenvalue weighted by Gasteiger charge is 2.14. The molecule has 2 aromatic rings. The number of para-hydroxylation sites is 1. The zero-order valence-corrected chi connectivity index (χ0v) is 15.6. The SMILES string of the molecule is CCN(CC)CCOc1ccccc1CNS(=O)(=O)c1ccccc1. The zero-order chi connectivity index (χ0) is 18.1. The molecule has 25 heavy (non-hydrogen) atoms. The maximum atomic E-state index is 12.3. The van der Waals surface area contributed by atoms with E-state index in [0.29, 0.717) is 12.4 Å². The highest BCUT2D eigenvalue weighted by atomic mass is 32.2. The van der Waals surface area contributed by atoms with E-state index in [4.69, 9.17) is 4.74 Å². The molecule has 0 bridgehead atoms. The molecule has 5 nitrogen and oxygen atoms in total. The van der Waals surface area contributed by atoms with E-state index in [1.165, 1.54) is 0 Å². The first-order valence-corrected chi connectivity index (χ1v) is 10.0. The van der Waals surface area contributed by atoms with Gasteiger partial charge in [0, 0.05) is 18.7 Å². The van der Waals surface area contributed by atoms with Crippen molar-refractivity contribution >= 4 is 10.0 Å². The average Bonchev–Trinajstić information content (AvgIpc) is 2.65. The highest BCUT2D eigenvalue weighted by molar-refractivity contribution is 7.89. The van der Waals surface area contributed by atoms with E-state index < -0.39 is 10.0 Å². The molecule has 0 spiro atoms. The number of hydrogen-bond acceptors (Lipinski definition) is 4. The van der Waals surface area contributed by atoms with E-state index in [1.54, 1.807) is 30.3 Å². The molecule has 136 valence electrons. The second-order valence-corrected chi connectivity index (χ2v) is 7.39. The van der Waals surface area contributed by atoms with Crippen molar-refractivity contribution in [2.24, 2.45) is 0 Å². The van der Waals surface area contributed by atoms with Crippen LogP contribution in [0.3, 0.4) is 0 Å². The van der Waals surface area contributed by atoms with Gasteiger partial charge in [-0.05, 0) is 31.3 Å². The quantitative estimate of drug-likeness (QED) is 0.706. The number of nitrogens with zero attached hydrogens (tertiary/aromatic N) is 1. The predicted octanol–water partition coefficient (Wildman–Crippen LogP) is 2.89. The van der Waals surface area contributed by atoms with Gasteiger partial charge in [0.25, 0.3) is 0 Å². The van der Waals surface area contributed by atoms with Gasteiger partial charge in [-0.15, -0.1) is 0 Å². The molecule has 0 saturated carbocycles. The van der Waals surface area contributed by atoms with Crippen molar-refractivity contribution in [3.63, 3.8) is 0 Å². The van der Waals surface area contributed by atoms with E-state index in [1.807, 2.05) is 24.3 Å². The second-order valence-electron chi connectivity index (χ2n) is 5.62. The van der Waals surface area contributed by atoms with Crippen molar-refractivity contribution in [2.45, 2.75) is 25.3 Å². The van der Waals surface area contributed by atoms with Gasteiger partial charge in [0.15, 0.2) is 0 Å². The molecule has 2 rings (SSSR count). The minimum absolute atomic E-state index is 0.193. The fourth-order valence-electron chi connectivity index (χ4n) is 2.47. The summed E-state index contributed by atoms with van der Waals surface area (Å²) in [6.07, 6.45) is 0. The summed E-state index contributed by atoms with van der Waals surface area (Å²) in [4.78, 5) is 2.54. The normalized spacial score (nSPS) is 11.6. The first-order chi connectivity index (χ1) is 12.1. The Morgan fingerprint density at radius 3 is 2.28 bits per heavy atom. The molecule has 0 aromatic heterocycles. The molecule has 0 aliphatic carbocycles. The van der Waals surface area contributed by atoms with E-state index in [0.717, 1.165) is 25.2 Å². The van der Waals surface area contributed by atoms with Crippen LogP contribution in [-0.4, -0.2) is 39.6 Å². The predicted molar refractivity (Wildman–Crippen MR) is 100 cm³/mol. The Labute approximate surface area is 150 Å². The summed E-state index contributed by atoms with van der Waals surface area (Å²) in [5.74, 6) is 0.713. The molecule has 0 aliphatic rings. The molecule has 6 heteroatoms. The van der Waals surface area contributed by atoms with Crippen molar-refractivity contribution in [1.82, 2.24) is 9.62 Å². The number of rotatable bonds is 10. The summed E-state index contributed by atoms with van der Waals surface area (Å²) in [7, 11) is -3.53. The van der Waals surface area contributed by atoms with Crippen molar-refractivity contribution in [1.29, 1.82) is 0 Å². The average molecular weight is 362 g/mol. The largest absolute Gasteiger partial charge is 0.492 e. The summed E-state index contributed by atoms with van der Waals surface area (Å²) in [6.45, 7) is 7.82. The Kier molecular flexibility index (Phi) is 7.43. The van der Waals surface area contributed by atoms with Gasteiger partial charge in [-0.1, -0.05) is 50.2 Å². The van der Waals surface area contributed by atoms with Crippen LogP contribution in [-0.2, 0) is 16.6 Å². The van der Waals surface area contributed by atoms with Crippen LogP contribution in [0.5, 0.6) is 5.75 Å². The van der Waals surface area contributed by atoms with Crippen molar-refractivity contribution in [3.8, 4) is 5.75 Å². The Hall–Kier alpha value is -1.89. The topological polar surface area (TPSA) is 58.6 Å². The maximum absolute atomic E-state index is 12.3. The van der Waals surface area contributed by atoms with Gasteiger partial charge in [0.05, 0.1) is 4.90 Å². The number of hydrogen-bond donors (Lipinski definition) is 1. The highest BCUT2D eigenvalue weighted by Crippen LogP contribution is 2.19. The summed E-state index contributed by atoms with van der Waals surface area (Å²) in [5, 5.41) is 0. The van der Waals surface area contributed by atoms with Crippen molar-refractivity contribution in [2.75, 3.05) is 26.2 Å². The van der Waals surface area contributed by atoms with Crippen LogP contribution in [0.25, 0.3) is 0 Å². The lowest BCUT2D eigenvalue weighted by atomic mass is 10.2. The number of ether oxygens (including phenoxy) is 1. The molecular formula is C19H26N2O3S. The van der Waals surface area contributed by atoms with Gasteiger partial charge in [-0.25, -0.2) is 13.1 Å². The lowest BCUT2D eigenvalue weighted by molar-refractivity contribution is 0.221. The standard InChI is InChI=1S/C19H26N2O3S/c1-3-21(4-2)14-15-24-19-13-9-8-10-17(19)16-20-25(22,23)18-11-6-5-7-12-18/h5-13,20H,3-4,14-16H2,1-2H3. The molecular weight excluding hydrogens is 336 g/mol. The molecule has 0 heterocycles. The maximum Gasteiger partial charge on any atom is 0.240 e. The van der Waals surface area contributed by atoms with Crippen molar-refractivity contribution in [3.05, 3.63) is 60.2 Å². The minimum atomic E-state index is -3.53. The van der Waals surface area contributed by atoms with E-state index >= 15 is 0 Å². The van der Waals surface area contributed by atoms with Crippen molar-refractivity contribution < 1.29 is 13.2 Å². The Morgan fingerprint density at radius 1 is 0.960 bits per heavy atom.